The van der Waals surface area contributed by atoms with Crippen molar-refractivity contribution in [1.29, 1.82) is 0 Å². The summed E-state index contributed by atoms with van der Waals surface area (Å²) in [5.41, 5.74) is 0. The molecule has 2 saturated heterocycles. The number of ether oxygens (including phenoxy) is 1. The Morgan fingerprint density at radius 1 is 1.25 bits per heavy atom. The molecule has 2 aliphatic rings. The van der Waals surface area contributed by atoms with Gasteiger partial charge in [0.1, 0.15) is 0 Å². The van der Waals surface area contributed by atoms with Gasteiger partial charge < -0.3 is 15.0 Å². The molecule has 0 aromatic carbocycles. The molecule has 1 atom stereocenters. The Kier molecular flexibility index (Phi) is 5.22. The SMILES string of the molecule is O=C(CNCC(F)(F)F)N1CCC(N2CCOCC2)C1. The van der Waals surface area contributed by atoms with Gasteiger partial charge in [-0.25, -0.2) is 0 Å². The summed E-state index contributed by atoms with van der Waals surface area (Å²) in [7, 11) is 0. The van der Waals surface area contributed by atoms with Crippen LogP contribution in [-0.2, 0) is 9.53 Å². The lowest BCUT2D eigenvalue weighted by Crippen LogP contribution is -2.46. The number of nitrogens with zero attached hydrogens (tertiary/aromatic N) is 2. The van der Waals surface area contributed by atoms with Crippen molar-refractivity contribution in [3.05, 3.63) is 0 Å². The van der Waals surface area contributed by atoms with E-state index in [2.05, 4.69) is 10.2 Å². The van der Waals surface area contributed by atoms with E-state index < -0.39 is 12.7 Å². The molecule has 20 heavy (non-hydrogen) atoms. The fraction of sp³-hybridized carbons (Fsp3) is 0.917. The van der Waals surface area contributed by atoms with Crippen molar-refractivity contribution < 1.29 is 22.7 Å². The number of morpholine rings is 1. The molecule has 0 aromatic rings. The summed E-state index contributed by atoms with van der Waals surface area (Å²) in [4.78, 5) is 15.7. The van der Waals surface area contributed by atoms with E-state index in [-0.39, 0.29) is 12.5 Å². The third kappa shape index (κ3) is 4.60. The van der Waals surface area contributed by atoms with Crippen LogP contribution in [0.15, 0.2) is 0 Å². The number of hydrogen-bond acceptors (Lipinski definition) is 4. The predicted molar refractivity (Wildman–Crippen MR) is 66.3 cm³/mol. The zero-order valence-electron chi connectivity index (χ0n) is 11.3. The van der Waals surface area contributed by atoms with Crippen LogP contribution in [0.5, 0.6) is 0 Å². The lowest BCUT2D eigenvalue weighted by Gasteiger charge is -2.32. The molecular formula is C12H20F3N3O2. The molecule has 2 heterocycles. The third-order valence-corrected chi connectivity index (χ3v) is 3.68. The van der Waals surface area contributed by atoms with Crippen LogP contribution in [0.4, 0.5) is 13.2 Å². The lowest BCUT2D eigenvalue weighted by molar-refractivity contribution is -0.133. The number of alkyl halides is 3. The fourth-order valence-electron chi connectivity index (χ4n) is 2.63. The zero-order chi connectivity index (χ0) is 14.6. The Morgan fingerprint density at radius 2 is 1.95 bits per heavy atom. The van der Waals surface area contributed by atoms with Gasteiger partial charge in [0.25, 0.3) is 0 Å². The Hall–Kier alpha value is -0.860. The van der Waals surface area contributed by atoms with Crippen LogP contribution < -0.4 is 5.32 Å². The van der Waals surface area contributed by atoms with Crippen molar-refractivity contribution in [3.8, 4) is 0 Å². The molecule has 1 unspecified atom stereocenters. The molecule has 0 radical (unpaired) electrons. The highest BCUT2D eigenvalue weighted by molar-refractivity contribution is 5.78. The monoisotopic (exact) mass is 295 g/mol. The lowest BCUT2D eigenvalue weighted by atomic mass is 10.2. The third-order valence-electron chi connectivity index (χ3n) is 3.68. The second-order valence-corrected chi connectivity index (χ2v) is 5.15. The molecule has 0 aromatic heterocycles. The largest absolute Gasteiger partial charge is 0.401 e. The molecule has 2 fully saturated rings. The highest BCUT2D eigenvalue weighted by Gasteiger charge is 2.32. The Morgan fingerprint density at radius 3 is 2.60 bits per heavy atom. The summed E-state index contributed by atoms with van der Waals surface area (Å²) >= 11 is 0. The molecule has 0 saturated carbocycles. The standard InChI is InChI=1S/C12H20F3N3O2/c13-12(14,15)9-16-7-11(19)18-2-1-10(8-18)17-3-5-20-6-4-17/h10,16H,1-9H2. The van der Waals surface area contributed by atoms with Crippen LogP contribution in [0.2, 0.25) is 0 Å². The molecule has 0 spiro atoms. The normalized spacial score (nSPS) is 25.1. The molecule has 2 aliphatic heterocycles. The Balaban J connectivity index is 1.70. The highest BCUT2D eigenvalue weighted by atomic mass is 19.4. The first-order valence-corrected chi connectivity index (χ1v) is 6.83. The second-order valence-electron chi connectivity index (χ2n) is 5.15. The van der Waals surface area contributed by atoms with Crippen LogP contribution >= 0.6 is 0 Å². The summed E-state index contributed by atoms with van der Waals surface area (Å²) in [6.07, 6.45) is -3.40. The number of likely N-dealkylation sites (tertiary alicyclic amines) is 1. The molecular weight excluding hydrogens is 275 g/mol. The van der Waals surface area contributed by atoms with Crippen LogP contribution in [0, 0.1) is 0 Å². The topological polar surface area (TPSA) is 44.8 Å². The molecule has 1 N–H and O–H groups in total. The van der Waals surface area contributed by atoms with Gasteiger partial charge >= 0.3 is 6.18 Å². The van der Waals surface area contributed by atoms with Crippen LogP contribution in [0.1, 0.15) is 6.42 Å². The average molecular weight is 295 g/mol. The minimum atomic E-state index is -4.28. The van der Waals surface area contributed by atoms with E-state index in [1.165, 1.54) is 0 Å². The molecule has 5 nitrogen and oxygen atoms in total. The van der Waals surface area contributed by atoms with E-state index in [0.717, 1.165) is 19.5 Å². The summed E-state index contributed by atoms with van der Waals surface area (Å²) in [5, 5.41) is 2.15. The Labute approximate surface area is 116 Å². The van der Waals surface area contributed by atoms with Crippen LogP contribution in [0.3, 0.4) is 0 Å². The van der Waals surface area contributed by atoms with Crippen molar-refractivity contribution >= 4 is 5.91 Å². The molecule has 8 heteroatoms. The van der Waals surface area contributed by atoms with E-state index in [0.29, 0.717) is 32.3 Å². The summed E-state index contributed by atoms with van der Waals surface area (Å²) in [5.74, 6) is -0.259. The van der Waals surface area contributed by atoms with Gasteiger partial charge in [0.15, 0.2) is 0 Å². The van der Waals surface area contributed by atoms with E-state index in [9.17, 15) is 18.0 Å². The van der Waals surface area contributed by atoms with Crippen molar-refractivity contribution in [3.63, 3.8) is 0 Å². The number of halogens is 3. The first-order chi connectivity index (χ1) is 9.46. The van der Waals surface area contributed by atoms with Gasteiger partial charge in [0, 0.05) is 32.2 Å². The van der Waals surface area contributed by atoms with Crippen molar-refractivity contribution in [2.45, 2.75) is 18.6 Å². The fourth-order valence-corrected chi connectivity index (χ4v) is 2.63. The van der Waals surface area contributed by atoms with Crippen molar-refractivity contribution in [2.75, 3.05) is 52.5 Å². The first kappa shape index (κ1) is 15.5. The quantitative estimate of drug-likeness (QED) is 0.797. The molecule has 0 aliphatic carbocycles. The number of carbonyl (C=O) groups excluding carboxylic acids is 1. The van der Waals surface area contributed by atoms with Crippen molar-refractivity contribution in [1.82, 2.24) is 15.1 Å². The van der Waals surface area contributed by atoms with Gasteiger partial charge in [-0.3, -0.25) is 9.69 Å². The molecule has 1 amide bonds. The number of carbonyl (C=O) groups is 1. The average Bonchev–Trinajstić information content (AvgIpc) is 2.88. The number of rotatable bonds is 4. The minimum Gasteiger partial charge on any atom is -0.379 e. The Bertz CT molecular complexity index is 332. The maximum absolute atomic E-state index is 12.0. The summed E-state index contributed by atoms with van der Waals surface area (Å²) in [6, 6.07) is 0.311. The molecule has 116 valence electrons. The summed E-state index contributed by atoms with van der Waals surface area (Å²) < 4.78 is 41.2. The van der Waals surface area contributed by atoms with Gasteiger partial charge in [-0.15, -0.1) is 0 Å². The van der Waals surface area contributed by atoms with Gasteiger partial charge in [-0.1, -0.05) is 0 Å². The minimum absolute atomic E-state index is 0.255. The van der Waals surface area contributed by atoms with Crippen LogP contribution in [0.25, 0.3) is 0 Å². The number of amides is 1. The first-order valence-electron chi connectivity index (χ1n) is 6.83. The van der Waals surface area contributed by atoms with E-state index in [4.69, 9.17) is 4.74 Å². The van der Waals surface area contributed by atoms with Crippen LogP contribution in [-0.4, -0.2) is 80.4 Å². The van der Waals surface area contributed by atoms with E-state index in [1.807, 2.05) is 0 Å². The van der Waals surface area contributed by atoms with E-state index in [1.54, 1.807) is 4.90 Å². The number of hydrogen-bond donors (Lipinski definition) is 1. The predicted octanol–water partition coefficient (Wildman–Crippen LogP) is 0.0714. The van der Waals surface area contributed by atoms with Gasteiger partial charge in [0.05, 0.1) is 26.3 Å². The highest BCUT2D eigenvalue weighted by Crippen LogP contribution is 2.17. The number of nitrogens with one attached hydrogen (secondary N) is 1. The second kappa shape index (κ2) is 6.73. The molecule has 0 bridgehead atoms. The van der Waals surface area contributed by atoms with Crippen molar-refractivity contribution in [2.24, 2.45) is 0 Å². The van der Waals surface area contributed by atoms with Gasteiger partial charge in [-0.05, 0) is 6.42 Å². The summed E-state index contributed by atoms with van der Waals surface area (Å²) in [6.45, 7) is 2.98. The van der Waals surface area contributed by atoms with Gasteiger partial charge in [0.2, 0.25) is 5.91 Å². The smallest absolute Gasteiger partial charge is 0.379 e. The zero-order valence-corrected chi connectivity index (χ0v) is 11.3. The van der Waals surface area contributed by atoms with E-state index >= 15 is 0 Å². The molecule has 2 rings (SSSR count). The maximum atomic E-state index is 12.0. The maximum Gasteiger partial charge on any atom is 0.401 e. The van der Waals surface area contributed by atoms with Gasteiger partial charge in [-0.2, -0.15) is 13.2 Å².